The molecule has 4 aliphatic heterocycles. The number of benzene rings is 6. The maximum atomic E-state index is 14.2. The molecule has 1 unspecified atom stereocenters. The molecule has 0 aromatic heterocycles. The molecule has 310 valence electrons. The van der Waals surface area contributed by atoms with Gasteiger partial charge in [-0.1, -0.05) is 83.7 Å². The fraction of sp³-hybridized carbons (Fsp3) is 0.157. The van der Waals surface area contributed by atoms with Gasteiger partial charge in [-0.15, -0.1) is 0 Å². The van der Waals surface area contributed by atoms with E-state index in [1.54, 1.807) is 51.1 Å². The highest BCUT2D eigenvalue weighted by atomic mass is 16.6. The molecule has 12 nitrogen and oxygen atoms in total. The molecule has 3 amide bonds. The summed E-state index contributed by atoms with van der Waals surface area (Å²) in [6.45, 7) is 1.56. The summed E-state index contributed by atoms with van der Waals surface area (Å²) >= 11 is 0. The van der Waals surface area contributed by atoms with E-state index < -0.39 is 6.09 Å². The first-order valence-electron chi connectivity index (χ1n) is 20.6. The Morgan fingerprint density at radius 3 is 2.29 bits per heavy atom. The minimum Gasteiger partial charge on any atom is -0.508 e. The molecule has 12 heteroatoms. The maximum absolute atomic E-state index is 14.2. The van der Waals surface area contributed by atoms with Gasteiger partial charge in [0.2, 0.25) is 0 Å². The largest absolute Gasteiger partial charge is 0.508 e. The van der Waals surface area contributed by atoms with E-state index >= 15 is 0 Å². The van der Waals surface area contributed by atoms with Gasteiger partial charge in [0.1, 0.15) is 23.7 Å². The molecule has 1 saturated heterocycles. The molecule has 1 fully saturated rings. The third-order valence-electron chi connectivity index (χ3n) is 11.6. The first kappa shape index (κ1) is 39.0. The number of aromatic hydroxyl groups is 1. The van der Waals surface area contributed by atoms with Gasteiger partial charge >= 0.3 is 6.09 Å². The Hall–Kier alpha value is -8.17. The summed E-state index contributed by atoms with van der Waals surface area (Å²) in [5.74, 6) is 6.39. The zero-order valence-electron chi connectivity index (χ0n) is 33.8. The molecule has 4 heterocycles. The molecule has 0 bridgehead atoms. The van der Waals surface area contributed by atoms with Crippen LogP contribution in [-0.2, 0) is 16.2 Å². The number of ether oxygens (including phenoxy) is 1. The van der Waals surface area contributed by atoms with Crippen LogP contribution in [0.1, 0.15) is 49.4 Å². The lowest BCUT2D eigenvalue weighted by Gasteiger charge is -2.34. The fourth-order valence-corrected chi connectivity index (χ4v) is 8.39. The predicted octanol–water partition coefficient (Wildman–Crippen LogP) is 7.92. The van der Waals surface area contributed by atoms with E-state index in [0.29, 0.717) is 89.3 Å². The highest BCUT2D eigenvalue weighted by molar-refractivity contribution is 6.10. The quantitative estimate of drug-likeness (QED) is 0.126. The number of rotatable bonds is 7. The van der Waals surface area contributed by atoms with Crippen LogP contribution in [0.25, 0.3) is 33.4 Å². The summed E-state index contributed by atoms with van der Waals surface area (Å²) < 4.78 is 11.7. The maximum Gasteiger partial charge on any atom is 0.410 e. The van der Waals surface area contributed by atoms with Gasteiger partial charge < -0.3 is 33.8 Å². The van der Waals surface area contributed by atoms with E-state index in [1.807, 2.05) is 78.9 Å². The van der Waals surface area contributed by atoms with Crippen molar-refractivity contribution in [1.29, 1.82) is 0 Å². The molecular weight excluding hydrogens is 797 g/mol. The van der Waals surface area contributed by atoms with Crippen molar-refractivity contribution in [3.05, 3.63) is 177 Å². The Morgan fingerprint density at radius 1 is 0.746 bits per heavy atom. The predicted molar refractivity (Wildman–Crippen MR) is 237 cm³/mol. The highest BCUT2D eigenvalue weighted by Crippen LogP contribution is 2.42. The lowest BCUT2D eigenvalue weighted by Crippen LogP contribution is -2.50. The van der Waals surface area contributed by atoms with Crippen molar-refractivity contribution >= 4 is 40.3 Å². The number of phenols is 1. The fourth-order valence-electron chi connectivity index (χ4n) is 8.39. The first-order chi connectivity index (χ1) is 30.8. The number of amides is 3. The van der Waals surface area contributed by atoms with Crippen LogP contribution in [0, 0.1) is 11.8 Å². The van der Waals surface area contributed by atoms with Crippen LogP contribution < -0.4 is 10.3 Å². The number of fused-ring (bicyclic) bond motifs is 4. The van der Waals surface area contributed by atoms with Crippen molar-refractivity contribution in [1.82, 2.24) is 9.80 Å². The zero-order chi connectivity index (χ0) is 43.0. The van der Waals surface area contributed by atoms with E-state index in [0.717, 1.165) is 28.1 Å². The average Bonchev–Trinajstić information content (AvgIpc) is 3.79. The Labute approximate surface area is 361 Å². The topological polar surface area (TPSA) is 142 Å². The van der Waals surface area contributed by atoms with Crippen molar-refractivity contribution in [3.8, 4) is 40.0 Å². The highest BCUT2D eigenvalue weighted by Gasteiger charge is 2.32. The second kappa shape index (κ2) is 16.4. The summed E-state index contributed by atoms with van der Waals surface area (Å²) in [5, 5.41) is 15.3. The Balaban J connectivity index is 0.754. The molecule has 1 atom stereocenters. The molecule has 5 aromatic rings. The first-order valence-corrected chi connectivity index (χ1v) is 20.6. The summed E-state index contributed by atoms with van der Waals surface area (Å²) in [5.41, 5.74) is 7.79. The van der Waals surface area contributed by atoms with E-state index in [-0.39, 0.29) is 35.7 Å². The van der Waals surface area contributed by atoms with E-state index in [2.05, 4.69) is 17.0 Å². The Bertz CT molecular complexity index is 3080. The summed E-state index contributed by atoms with van der Waals surface area (Å²) in [6.07, 6.45) is -0.337. The smallest absolute Gasteiger partial charge is 0.410 e. The van der Waals surface area contributed by atoms with Gasteiger partial charge in [-0.25, -0.2) is 4.79 Å². The molecule has 0 saturated carbocycles. The molecule has 5 aliphatic rings. The normalized spacial score (nSPS) is 15.7. The number of hydrogen-bond donors (Lipinski definition) is 1. The van der Waals surface area contributed by atoms with Crippen molar-refractivity contribution in [2.24, 2.45) is 5.16 Å². The number of nitrogens with zero attached hydrogens (tertiary/aromatic N) is 4. The lowest BCUT2D eigenvalue weighted by atomic mass is 9.90. The van der Waals surface area contributed by atoms with Crippen LogP contribution >= 0.6 is 0 Å². The minimum absolute atomic E-state index is 0.0131. The standard InChI is InChI=1S/C51H38N4O8/c56-36-19-21-42-46(27-36)62-47-28-37(57)20-22-43(47)48(42)40-10-4-5-11-41(40)49(58)53-23-25-54(26-24-53)51(60)61-31-32-13-15-34(16-14-32)44-29-38(63-52-44)30-55-45-12-6-2-8-35(45)18-17-33-7-1-3-9-39(33)50(55)59/h1-16,19-22,27-28,38,56H,23-26,29-31H2. The van der Waals surface area contributed by atoms with Crippen molar-refractivity contribution in [2.45, 2.75) is 19.1 Å². The van der Waals surface area contributed by atoms with Gasteiger partial charge in [0, 0.05) is 77.9 Å². The number of phenolic OH excluding ortho intramolecular Hbond substituents is 1. The van der Waals surface area contributed by atoms with Crippen LogP contribution in [-0.4, -0.2) is 77.4 Å². The van der Waals surface area contributed by atoms with Crippen LogP contribution in [0.4, 0.5) is 10.5 Å². The number of oxime groups is 1. The summed E-state index contributed by atoms with van der Waals surface area (Å²) in [7, 11) is 0. The lowest BCUT2D eigenvalue weighted by molar-refractivity contribution is 0.0544. The van der Waals surface area contributed by atoms with Crippen molar-refractivity contribution in [3.63, 3.8) is 0 Å². The molecule has 5 aromatic carbocycles. The second-order valence-corrected chi connectivity index (χ2v) is 15.6. The van der Waals surface area contributed by atoms with E-state index in [1.165, 1.54) is 18.2 Å². The zero-order valence-corrected chi connectivity index (χ0v) is 33.8. The van der Waals surface area contributed by atoms with Gasteiger partial charge in [-0.2, -0.15) is 0 Å². The average molecular weight is 835 g/mol. The molecular formula is C51H38N4O8. The summed E-state index contributed by atoms with van der Waals surface area (Å²) in [4.78, 5) is 64.4. The van der Waals surface area contributed by atoms with Gasteiger partial charge in [0.15, 0.2) is 11.5 Å². The Morgan fingerprint density at radius 2 is 1.46 bits per heavy atom. The monoisotopic (exact) mass is 834 g/mol. The second-order valence-electron chi connectivity index (χ2n) is 15.6. The minimum atomic E-state index is -0.469. The van der Waals surface area contributed by atoms with Crippen molar-refractivity contribution in [2.75, 3.05) is 37.6 Å². The number of piperazine rings is 1. The van der Waals surface area contributed by atoms with Gasteiger partial charge in [-0.05, 0) is 71.3 Å². The number of carbonyl (C=O) groups is 3. The molecule has 63 heavy (non-hydrogen) atoms. The van der Waals surface area contributed by atoms with Crippen molar-refractivity contribution < 1.29 is 33.5 Å². The molecule has 0 spiro atoms. The van der Waals surface area contributed by atoms with Gasteiger partial charge in [0.25, 0.3) is 11.8 Å². The third kappa shape index (κ3) is 7.61. The van der Waals surface area contributed by atoms with Gasteiger partial charge in [-0.3, -0.25) is 14.4 Å². The SMILES string of the molecule is O=C(OCc1ccc(C2=NOC(CN3C(=O)c4ccccc4C#Cc4ccccc43)C2)cc1)N1CCN(C(=O)c2ccccc2-c2c3ccc(=O)cc-3oc3cc(O)ccc23)CC1. The number of para-hydroxylation sites is 1. The number of hydrogen-bond acceptors (Lipinski definition) is 9. The third-order valence-corrected chi connectivity index (χ3v) is 11.6. The van der Waals surface area contributed by atoms with Crippen LogP contribution in [0.5, 0.6) is 5.75 Å². The Kier molecular flexibility index (Phi) is 10.1. The van der Waals surface area contributed by atoms with Crippen LogP contribution in [0.3, 0.4) is 0 Å². The summed E-state index contributed by atoms with van der Waals surface area (Å²) in [6, 6.07) is 39.2. The molecule has 0 radical (unpaired) electrons. The number of carbonyl (C=O) groups excluding carboxylic acids is 3. The number of anilines is 1. The molecule has 10 rings (SSSR count). The molecule has 1 N–H and O–H groups in total. The van der Waals surface area contributed by atoms with E-state index in [9.17, 15) is 24.3 Å². The molecule has 1 aliphatic carbocycles. The van der Waals surface area contributed by atoms with Crippen LogP contribution in [0.2, 0.25) is 0 Å². The van der Waals surface area contributed by atoms with Gasteiger partial charge in [0.05, 0.1) is 23.5 Å². The van der Waals surface area contributed by atoms with Crippen LogP contribution in [0.15, 0.2) is 148 Å². The van der Waals surface area contributed by atoms with E-state index in [4.69, 9.17) is 14.0 Å².